The molecule has 0 bridgehead atoms. The maximum Gasteiger partial charge on any atom is 0.178 e. The summed E-state index contributed by atoms with van der Waals surface area (Å²) in [5.74, 6) is 0.0879. The first-order chi connectivity index (χ1) is 8.58. The molecule has 3 nitrogen and oxygen atoms in total. The molecule has 2 rings (SSSR count). The third kappa shape index (κ3) is 3.16. The van der Waals surface area contributed by atoms with E-state index in [1.165, 1.54) is 6.07 Å². The zero-order valence-electron chi connectivity index (χ0n) is 9.47. The standard InChI is InChI=1S/C12H11Cl3N2O/c13-7-5-9(15)11(6-8(7)14)17-16-10-3-1-2-4-12(10)18/h5-6,17H,1-4H2/b16-10-. The van der Waals surface area contributed by atoms with Crippen molar-refractivity contribution in [2.75, 3.05) is 5.43 Å². The first-order valence-electron chi connectivity index (χ1n) is 5.58. The second-order valence-corrected chi connectivity index (χ2v) is 5.27. The molecule has 0 amide bonds. The number of carbonyl (C=O) groups is 1. The van der Waals surface area contributed by atoms with E-state index in [4.69, 9.17) is 34.8 Å². The van der Waals surface area contributed by atoms with Crippen LogP contribution in [0.4, 0.5) is 5.69 Å². The zero-order valence-corrected chi connectivity index (χ0v) is 11.7. The summed E-state index contributed by atoms with van der Waals surface area (Å²) in [7, 11) is 0. The van der Waals surface area contributed by atoms with E-state index in [9.17, 15) is 4.79 Å². The van der Waals surface area contributed by atoms with Crippen LogP contribution >= 0.6 is 34.8 Å². The first kappa shape index (κ1) is 13.7. The van der Waals surface area contributed by atoms with Gasteiger partial charge in [0.05, 0.1) is 20.8 Å². The maximum absolute atomic E-state index is 11.6. The molecule has 1 N–H and O–H groups in total. The van der Waals surface area contributed by atoms with Crippen molar-refractivity contribution in [2.24, 2.45) is 5.10 Å². The van der Waals surface area contributed by atoms with E-state index in [-0.39, 0.29) is 5.78 Å². The average molecular weight is 306 g/mol. The fourth-order valence-electron chi connectivity index (χ4n) is 1.72. The average Bonchev–Trinajstić information content (AvgIpc) is 2.34. The van der Waals surface area contributed by atoms with Crippen molar-refractivity contribution in [1.82, 2.24) is 0 Å². The van der Waals surface area contributed by atoms with Crippen LogP contribution < -0.4 is 5.43 Å². The van der Waals surface area contributed by atoms with Crippen LogP contribution in [-0.2, 0) is 4.79 Å². The molecule has 0 aromatic heterocycles. The largest absolute Gasteiger partial charge is 0.293 e. The van der Waals surface area contributed by atoms with Crippen molar-refractivity contribution in [1.29, 1.82) is 0 Å². The highest BCUT2D eigenvalue weighted by atomic mass is 35.5. The predicted octanol–water partition coefficient (Wildman–Crippen LogP) is 4.56. The normalized spacial score (nSPS) is 18.2. The fraction of sp³-hybridized carbons (Fsp3) is 0.333. The summed E-state index contributed by atoms with van der Waals surface area (Å²) in [6.45, 7) is 0. The highest BCUT2D eigenvalue weighted by Crippen LogP contribution is 2.32. The molecule has 96 valence electrons. The van der Waals surface area contributed by atoms with E-state index in [1.807, 2.05) is 0 Å². The number of carbonyl (C=O) groups excluding carboxylic acids is 1. The highest BCUT2D eigenvalue weighted by Gasteiger charge is 2.16. The van der Waals surface area contributed by atoms with Gasteiger partial charge in [-0.15, -0.1) is 0 Å². The summed E-state index contributed by atoms with van der Waals surface area (Å²) in [4.78, 5) is 11.6. The van der Waals surface area contributed by atoms with Crippen LogP contribution in [0.25, 0.3) is 0 Å². The quantitative estimate of drug-likeness (QED) is 0.643. The molecule has 0 saturated heterocycles. The van der Waals surface area contributed by atoms with Gasteiger partial charge < -0.3 is 0 Å². The van der Waals surface area contributed by atoms with Gasteiger partial charge in [0.15, 0.2) is 5.78 Å². The molecule has 0 heterocycles. The molecule has 0 spiro atoms. The Morgan fingerprint density at radius 3 is 2.39 bits per heavy atom. The lowest BCUT2D eigenvalue weighted by atomic mass is 9.97. The number of anilines is 1. The van der Waals surface area contributed by atoms with Crippen molar-refractivity contribution in [3.05, 3.63) is 27.2 Å². The van der Waals surface area contributed by atoms with Crippen molar-refractivity contribution in [3.63, 3.8) is 0 Å². The fourth-order valence-corrected chi connectivity index (χ4v) is 2.31. The minimum Gasteiger partial charge on any atom is -0.293 e. The van der Waals surface area contributed by atoms with Gasteiger partial charge in [0, 0.05) is 6.42 Å². The molecule has 1 fully saturated rings. The summed E-state index contributed by atoms with van der Waals surface area (Å²) in [5.41, 5.74) is 3.87. The Bertz CT molecular complexity index is 514. The summed E-state index contributed by atoms with van der Waals surface area (Å²) >= 11 is 17.7. The van der Waals surface area contributed by atoms with E-state index in [1.54, 1.807) is 6.07 Å². The van der Waals surface area contributed by atoms with Crippen LogP contribution in [-0.4, -0.2) is 11.5 Å². The number of Topliss-reactive ketones (excluding diaryl/α,β-unsaturated/α-hetero) is 1. The van der Waals surface area contributed by atoms with E-state index in [0.717, 1.165) is 12.8 Å². The minimum atomic E-state index is 0.0879. The van der Waals surface area contributed by atoms with Crippen LogP contribution in [0.3, 0.4) is 0 Å². The van der Waals surface area contributed by atoms with Gasteiger partial charge >= 0.3 is 0 Å². The SMILES string of the molecule is O=C1CCCC/C1=N/Nc1cc(Cl)c(Cl)cc1Cl. The van der Waals surface area contributed by atoms with Crippen molar-refractivity contribution < 1.29 is 4.79 Å². The van der Waals surface area contributed by atoms with Crippen molar-refractivity contribution in [3.8, 4) is 0 Å². The monoisotopic (exact) mass is 304 g/mol. The lowest BCUT2D eigenvalue weighted by molar-refractivity contribution is -0.113. The summed E-state index contributed by atoms with van der Waals surface area (Å²) in [5, 5.41) is 5.28. The Labute approximate surface area is 120 Å². The van der Waals surface area contributed by atoms with Crippen molar-refractivity contribution in [2.45, 2.75) is 25.7 Å². The molecule has 0 aliphatic heterocycles. The number of nitrogens with zero attached hydrogens (tertiary/aromatic N) is 1. The zero-order chi connectivity index (χ0) is 13.1. The molecule has 1 aliphatic carbocycles. The van der Waals surface area contributed by atoms with E-state index >= 15 is 0 Å². The number of hydrogen-bond donors (Lipinski definition) is 1. The van der Waals surface area contributed by atoms with Gasteiger partial charge in [-0.2, -0.15) is 5.10 Å². The Balaban J connectivity index is 2.17. The second-order valence-electron chi connectivity index (χ2n) is 4.05. The van der Waals surface area contributed by atoms with Gasteiger partial charge in [0.25, 0.3) is 0 Å². The molecule has 0 unspecified atom stereocenters. The van der Waals surface area contributed by atoms with Crippen LogP contribution in [0.15, 0.2) is 17.2 Å². The van der Waals surface area contributed by atoms with E-state index < -0.39 is 0 Å². The molecule has 1 saturated carbocycles. The Kier molecular flexibility index (Phi) is 4.49. The molecular weight excluding hydrogens is 295 g/mol. The molecule has 0 radical (unpaired) electrons. The number of ketones is 1. The topological polar surface area (TPSA) is 41.5 Å². The maximum atomic E-state index is 11.6. The number of rotatable bonds is 2. The lowest BCUT2D eigenvalue weighted by Crippen LogP contribution is -2.19. The minimum absolute atomic E-state index is 0.0879. The molecule has 18 heavy (non-hydrogen) atoms. The first-order valence-corrected chi connectivity index (χ1v) is 6.71. The van der Waals surface area contributed by atoms with E-state index in [0.29, 0.717) is 39.3 Å². The van der Waals surface area contributed by atoms with Gasteiger partial charge in [-0.25, -0.2) is 0 Å². The van der Waals surface area contributed by atoms with Crippen LogP contribution in [0.2, 0.25) is 15.1 Å². The number of halogens is 3. The number of hydrogen-bond acceptors (Lipinski definition) is 3. The van der Waals surface area contributed by atoms with Gasteiger partial charge in [0.1, 0.15) is 5.71 Å². The molecule has 6 heteroatoms. The highest BCUT2D eigenvalue weighted by molar-refractivity contribution is 6.44. The molecule has 1 aromatic carbocycles. The van der Waals surface area contributed by atoms with Crippen LogP contribution in [0.5, 0.6) is 0 Å². The van der Waals surface area contributed by atoms with Crippen LogP contribution in [0, 0.1) is 0 Å². The summed E-state index contributed by atoms with van der Waals surface area (Å²) in [6, 6.07) is 3.13. The van der Waals surface area contributed by atoms with Gasteiger partial charge in [-0.1, -0.05) is 34.8 Å². The lowest BCUT2D eigenvalue weighted by Gasteiger charge is -2.12. The van der Waals surface area contributed by atoms with Gasteiger partial charge in [0.2, 0.25) is 0 Å². The molecule has 1 aromatic rings. The second kappa shape index (κ2) is 5.91. The summed E-state index contributed by atoms with van der Waals surface area (Å²) < 4.78 is 0. The van der Waals surface area contributed by atoms with Gasteiger partial charge in [-0.3, -0.25) is 10.2 Å². The smallest absolute Gasteiger partial charge is 0.178 e. The summed E-state index contributed by atoms with van der Waals surface area (Å²) in [6.07, 6.45) is 3.19. The van der Waals surface area contributed by atoms with E-state index in [2.05, 4.69) is 10.5 Å². The number of benzene rings is 1. The third-order valence-corrected chi connectivity index (χ3v) is 3.75. The third-order valence-electron chi connectivity index (χ3n) is 2.71. The molecular formula is C12H11Cl3N2O. The number of hydrazone groups is 1. The van der Waals surface area contributed by atoms with Crippen molar-refractivity contribution >= 4 is 52.0 Å². The van der Waals surface area contributed by atoms with Gasteiger partial charge in [-0.05, 0) is 31.4 Å². The Morgan fingerprint density at radius 2 is 1.67 bits per heavy atom. The molecule has 1 aliphatic rings. The number of nitrogens with one attached hydrogen (secondary N) is 1. The van der Waals surface area contributed by atoms with Crippen LogP contribution in [0.1, 0.15) is 25.7 Å². The Morgan fingerprint density at radius 1 is 1.00 bits per heavy atom. The predicted molar refractivity (Wildman–Crippen MR) is 76.0 cm³/mol. The molecule has 0 atom stereocenters. The Hall–Kier alpha value is -0.770.